The first-order chi connectivity index (χ1) is 8.07. The van der Waals surface area contributed by atoms with Crippen molar-refractivity contribution in [3.63, 3.8) is 0 Å². The van der Waals surface area contributed by atoms with E-state index in [2.05, 4.69) is 11.6 Å². The summed E-state index contributed by atoms with van der Waals surface area (Å²) >= 11 is 1.92. The van der Waals surface area contributed by atoms with Gasteiger partial charge >= 0.3 is 0 Å². The number of hydrogen-bond donors (Lipinski definition) is 2. The summed E-state index contributed by atoms with van der Waals surface area (Å²) in [6, 6.07) is 0.123. The van der Waals surface area contributed by atoms with E-state index in [0.29, 0.717) is 18.1 Å². The highest BCUT2D eigenvalue weighted by molar-refractivity contribution is 7.99. The Labute approximate surface area is 109 Å². The van der Waals surface area contributed by atoms with Crippen LogP contribution in [0.5, 0.6) is 0 Å². The van der Waals surface area contributed by atoms with E-state index in [1.165, 1.54) is 0 Å². The molecule has 0 bridgehead atoms. The lowest BCUT2D eigenvalue weighted by Crippen LogP contribution is -2.35. The molecule has 0 spiro atoms. The lowest BCUT2D eigenvalue weighted by atomic mass is 10.3. The SMILES string of the molecule is CCSC1CCC(NS(=O)(=O)CCCCO)C1. The third kappa shape index (κ3) is 6.08. The van der Waals surface area contributed by atoms with Crippen LogP contribution in [0.15, 0.2) is 0 Å². The second-order valence-electron chi connectivity index (χ2n) is 4.45. The Bertz CT molecular complexity index is 306. The molecule has 0 aromatic rings. The van der Waals surface area contributed by atoms with Crippen LogP contribution in [-0.2, 0) is 10.0 Å². The van der Waals surface area contributed by atoms with Crippen LogP contribution in [0.2, 0.25) is 0 Å². The van der Waals surface area contributed by atoms with Crippen LogP contribution in [-0.4, -0.2) is 42.9 Å². The number of rotatable bonds is 8. The molecule has 1 aliphatic carbocycles. The van der Waals surface area contributed by atoms with Crippen molar-refractivity contribution in [1.29, 1.82) is 0 Å². The van der Waals surface area contributed by atoms with Crippen LogP contribution in [0, 0.1) is 0 Å². The average molecular weight is 281 g/mol. The zero-order chi connectivity index (χ0) is 12.7. The molecule has 2 atom stereocenters. The van der Waals surface area contributed by atoms with Crippen molar-refractivity contribution in [2.24, 2.45) is 0 Å². The minimum absolute atomic E-state index is 0.0637. The van der Waals surface area contributed by atoms with Crippen molar-refractivity contribution in [2.45, 2.75) is 50.3 Å². The van der Waals surface area contributed by atoms with E-state index in [1.807, 2.05) is 11.8 Å². The Morgan fingerprint density at radius 2 is 2.12 bits per heavy atom. The van der Waals surface area contributed by atoms with Gasteiger partial charge in [0.2, 0.25) is 10.0 Å². The Morgan fingerprint density at radius 3 is 2.76 bits per heavy atom. The fraction of sp³-hybridized carbons (Fsp3) is 1.00. The molecule has 17 heavy (non-hydrogen) atoms. The summed E-state index contributed by atoms with van der Waals surface area (Å²) in [5.74, 6) is 1.23. The Balaban J connectivity index is 2.29. The largest absolute Gasteiger partial charge is 0.396 e. The van der Waals surface area contributed by atoms with Crippen molar-refractivity contribution in [3.05, 3.63) is 0 Å². The first-order valence-corrected chi connectivity index (χ1v) is 9.00. The van der Waals surface area contributed by atoms with Crippen LogP contribution < -0.4 is 4.72 Å². The minimum atomic E-state index is -3.15. The molecular formula is C11H23NO3S2. The third-order valence-electron chi connectivity index (χ3n) is 2.95. The molecule has 6 heteroatoms. The molecule has 0 amide bonds. The number of unbranched alkanes of at least 4 members (excludes halogenated alkanes) is 1. The van der Waals surface area contributed by atoms with Crippen LogP contribution in [0.4, 0.5) is 0 Å². The van der Waals surface area contributed by atoms with Gasteiger partial charge in [-0.2, -0.15) is 11.8 Å². The lowest BCUT2D eigenvalue weighted by Gasteiger charge is -2.13. The smallest absolute Gasteiger partial charge is 0.211 e. The van der Waals surface area contributed by atoms with Gasteiger partial charge in [0.25, 0.3) is 0 Å². The predicted molar refractivity (Wildman–Crippen MR) is 72.8 cm³/mol. The molecule has 2 unspecified atom stereocenters. The molecule has 4 nitrogen and oxygen atoms in total. The maximum atomic E-state index is 11.7. The van der Waals surface area contributed by atoms with Crippen molar-refractivity contribution in [2.75, 3.05) is 18.1 Å². The van der Waals surface area contributed by atoms with E-state index in [0.717, 1.165) is 25.0 Å². The van der Waals surface area contributed by atoms with Gasteiger partial charge in [0.15, 0.2) is 0 Å². The van der Waals surface area contributed by atoms with Gasteiger partial charge in [0.05, 0.1) is 5.75 Å². The molecule has 1 saturated carbocycles. The third-order valence-corrected chi connectivity index (χ3v) is 5.71. The molecule has 1 fully saturated rings. The molecule has 0 heterocycles. The van der Waals surface area contributed by atoms with Gasteiger partial charge < -0.3 is 5.11 Å². The topological polar surface area (TPSA) is 66.4 Å². The zero-order valence-corrected chi connectivity index (χ0v) is 12.0. The summed E-state index contributed by atoms with van der Waals surface area (Å²) in [7, 11) is -3.15. The van der Waals surface area contributed by atoms with Gasteiger partial charge in [-0.05, 0) is 37.9 Å². The Hall–Kier alpha value is 0.220. The number of aliphatic hydroxyl groups is 1. The van der Waals surface area contributed by atoms with Gasteiger partial charge in [0.1, 0.15) is 0 Å². The molecule has 1 aliphatic rings. The molecule has 102 valence electrons. The van der Waals surface area contributed by atoms with Crippen LogP contribution >= 0.6 is 11.8 Å². The minimum Gasteiger partial charge on any atom is -0.396 e. The Kier molecular flexibility index (Phi) is 6.84. The number of nitrogens with one attached hydrogen (secondary N) is 1. The highest BCUT2D eigenvalue weighted by Gasteiger charge is 2.27. The van der Waals surface area contributed by atoms with Crippen molar-refractivity contribution in [3.8, 4) is 0 Å². The van der Waals surface area contributed by atoms with Crippen molar-refractivity contribution in [1.82, 2.24) is 4.72 Å². The normalized spacial score (nSPS) is 25.3. The van der Waals surface area contributed by atoms with Gasteiger partial charge in [0, 0.05) is 17.9 Å². The Morgan fingerprint density at radius 1 is 1.35 bits per heavy atom. The fourth-order valence-corrected chi connectivity index (χ4v) is 4.72. The van der Waals surface area contributed by atoms with E-state index in [9.17, 15) is 8.42 Å². The summed E-state index contributed by atoms with van der Waals surface area (Å²) in [6.07, 6.45) is 4.11. The van der Waals surface area contributed by atoms with Gasteiger partial charge in [-0.3, -0.25) is 0 Å². The summed E-state index contributed by atoms with van der Waals surface area (Å²) in [5, 5.41) is 9.24. The highest BCUT2D eigenvalue weighted by Crippen LogP contribution is 2.29. The van der Waals surface area contributed by atoms with Gasteiger partial charge in [-0.15, -0.1) is 0 Å². The molecular weight excluding hydrogens is 258 g/mol. The number of thioether (sulfide) groups is 1. The quantitative estimate of drug-likeness (QED) is 0.659. The van der Waals surface area contributed by atoms with Crippen LogP contribution in [0.1, 0.15) is 39.0 Å². The van der Waals surface area contributed by atoms with E-state index < -0.39 is 10.0 Å². The number of sulfonamides is 1. The molecule has 0 aromatic carbocycles. The fourth-order valence-electron chi connectivity index (χ4n) is 2.15. The maximum absolute atomic E-state index is 11.7. The lowest BCUT2D eigenvalue weighted by molar-refractivity contribution is 0.287. The van der Waals surface area contributed by atoms with E-state index >= 15 is 0 Å². The molecule has 0 aliphatic heterocycles. The molecule has 0 aromatic heterocycles. The summed E-state index contributed by atoms with van der Waals surface area (Å²) in [6.45, 7) is 2.20. The summed E-state index contributed by atoms with van der Waals surface area (Å²) < 4.78 is 26.2. The van der Waals surface area contributed by atoms with Crippen LogP contribution in [0.25, 0.3) is 0 Å². The molecule has 0 saturated heterocycles. The first-order valence-electron chi connectivity index (χ1n) is 6.30. The average Bonchev–Trinajstić information content (AvgIpc) is 2.65. The molecule has 0 radical (unpaired) electrons. The zero-order valence-electron chi connectivity index (χ0n) is 10.4. The number of aliphatic hydroxyl groups excluding tert-OH is 1. The maximum Gasteiger partial charge on any atom is 0.211 e. The number of hydrogen-bond acceptors (Lipinski definition) is 4. The monoisotopic (exact) mass is 281 g/mol. The highest BCUT2D eigenvalue weighted by atomic mass is 32.2. The van der Waals surface area contributed by atoms with Crippen molar-refractivity contribution < 1.29 is 13.5 Å². The summed E-state index contributed by atoms with van der Waals surface area (Å²) in [5.41, 5.74) is 0. The van der Waals surface area contributed by atoms with Gasteiger partial charge in [-0.1, -0.05) is 6.92 Å². The van der Waals surface area contributed by atoms with Gasteiger partial charge in [-0.25, -0.2) is 13.1 Å². The van der Waals surface area contributed by atoms with Crippen LogP contribution in [0.3, 0.4) is 0 Å². The molecule has 2 N–H and O–H groups in total. The standard InChI is InChI=1S/C11H23NO3S2/c1-2-16-11-6-5-10(9-11)12-17(14,15)8-4-3-7-13/h10-13H,2-9H2,1H3. The second kappa shape index (κ2) is 7.61. The summed E-state index contributed by atoms with van der Waals surface area (Å²) in [4.78, 5) is 0. The van der Waals surface area contributed by atoms with E-state index in [1.54, 1.807) is 0 Å². The van der Waals surface area contributed by atoms with E-state index in [-0.39, 0.29) is 18.4 Å². The first kappa shape index (κ1) is 15.3. The van der Waals surface area contributed by atoms with Crippen molar-refractivity contribution >= 4 is 21.8 Å². The predicted octanol–water partition coefficient (Wildman–Crippen LogP) is 1.35. The molecule has 1 rings (SSSR count). The second-order valence-corrected chi connectivity index (χ2v) is 7.91. The van der Waals surface area contributed by atoms with E-state index in [4.69, 9.17) is 5.11 Å².